The standard InChI is InChI=1S/C15H19N7O4S/c1-17-15(27)18-5-7-10(24)11(25)14(26-7)22-6-19-9-12(16)20-8(3-2-4-23)21-13(9)22/h6-7,10-11,14,23-25H,4-5H2,1H3,(H2,16,20,21)(H2,17,18,27)/t7-,10-,11-,14-/m1/s1. The molecular formula is C15H19N7O4S. The van der Waals surface area contributed by atoms with Crippen molar-refractivity contribution in [3.63, 3.8) is 0 Å². The molecule has 12 heteroatoms. The van der Waals surface area contributed by atoms with E-state index in [1.807, 2.05) is 0 Å². The van der Waals surface area contributed by atoms with E-state index in [2.05, 4.69) is 37.4 Å². The average molecular weight is 393 g/mol. The number of aliphatic hydroxyl groups is 3. The second-order valence-electron chi connectivity index (χ2n) is 5.72. The Hall–Kier alpha value is -2.56. The molecule has 0 spiro atoms. The summed E-state index contributed by atoms with van der Waals surface area (Å²) in [6.07, 6.45) is -2.62. The number of imidazole rings is 1. The normalized spacial score (nSPS) is 24.4. The van der Waals surface area contributed by atoms with Gasteiger partial charge in [0.15, 0.2) is 22.8 Å². The van der Waals surface area contributed by atoms with Crippen LogP contribution in [0.15, 0.2) is 6.33 Å². The molecule has 0 amide bonds. The van der Waals surface area contributed by atoms with Crippen LogP contribution in [0.25, 0.3) is 11.2 Å². The number of rotatable bonds is 3. The number of nitrogens with zero attached hydrogens (tertiary/aromatic N) is 4. The van der Waals surface area contributed by atoms with Crippen LogP contribution < -0.4 is 16.4 Å². The van der Waals surface area contributed by atoms with Gasteiger partial charge in [-0.3, -0.25) is 4.57 Å². The topological polar surface area (TPSA) is 164 Å². The Labute approximate surface area is 159 Å². The Kier molecular flexibility index (Phi) is 5.68. The number of fused-ring (bicyclic) bond motifs is 1. The van der Waals surface area contributed by atoms with Gasteiger partial charge in [0, 0.05) is 13.6 Å². The number of nitrogen functional groups attached to an aromatic ring is 1. The van der Waals surface area contributed by atoms with Gasteiger partial charge in [0.2, 0.25) is 5.82 Å². The number of nitrogens with two attached hydrogens (primary N) is 1. The zero-order valence-electron chi connectivity index (χ0n) is 14.3. The summed E-state index contributed by atoms with van der Waals surface area (Å²) in [6, 6.07) is 0. The van der Waals surface area contributed by atoms with Crippen molar-refractivity contribution >= 4 is 34.3 Å². The molecule has 27 heavy (non-hydrogen) atoms. The largest absolute Gasteiger partial charge is 0.387 e. The zero-order valence-corrected chi connectivity index (χ0v) is 15.1. The van der Waals surface area contributed by atoms with Crippen molar-refractivity contribution in [3.8, 4) is 11.8 Å². The molecule has 4 atom stereocenters. The number of aliphatic hydroxyl groups excluding tert-OH is 3. The number of thiocarbonyl (C=S) groups is 1. The molecule has 2 aromatic rings. The van der Waals surface area contributed by atoms with Crippen molar-refractivity contribution in [2.75, 3.05) is 25.9 Å². The number of hydrogen-bond acceptors (Lipinski definition) is 9. The minimum absolute atomic E-state index is 0.0985. The lowest BCUT2D eigenvalue weighted by Gasteiger charge is -2.17. The van der Waals surface area contributed by atoms with Gasteiger partial charge in [-0.2, -0.15) is 0 Å². The van der Waals surface area contributed by atoms with E-state index in [9.17, 15) is 10.2 Å². The molecule has 0 unspecified atom stereocenters. The van der Waals surface area contributed by atoms with E-state index in [4.69, 9.17) is 27.8 Å². The first-order valence-corrected chi connectivity index (χ1v) is 8.44. The first-order chi connectivity index (χ1) is 13.0. The maximum atomic E-state index is 10.4. The van der Waals surface area contributed by atoms with Gasteiger partial charge in [0.25, 0.3) is 0 Å². The monoisotopic (exact) mass is 393 g/mol. The van der Waals surface area contributed by atoms with Crippen LogP contribution in [0.2, 0.25) is 0 Å². The SMILES string of the molecule is CNC(=S)NC[C@H]1O[C@@H](n2cnc3c(N)nc(C#CCO)nc32)[C@H](O)[C@@H]1O. The van der Waals surface area contributed by atoms with Gasteiger partial charge in [-0.1, -0.05) is 5.92 Å². The lowest BCUT2D eigenvalue weighted by atomic mass is 10.1. The fourth-order valence-corrected chi connectivity index (χ4v) is 2.79. The molecule has 3 heterocycles. The first kappa shape index (κ1) is 19.2. The molecule has 0 saturated carbocycles. The lowest BCUT2D eigenvalue weighted by molar-refractivity contribution is -0.0332. The van der Waals surface area contributed by atoms with Crippen LogP contribution in [0.5, 0.6) is 0 Å². The molecule has 3 rings (SSSR count). The van der Waals surface area contributed by atoms with Gasteiger partial charge in [-0.05, 0) is 18.1 Å². The maximum absolute atomic E-state index is 10.4. The van der Waals surface area contributed by atoms with Crippen LogP contribution in [0.4, 0.5) is 5.82 Å². The maximum Gasteiger partial charge on any atom is 0.209 e. The second kappa shape index (κ2) is 7.99. The highest BCUT2D eigenvalue weighted by molar-refractivity contribution is 7.80. The lowest BCUT2D eigenvalue weighted by Crippen LogP contribution is -2.42. The molecule has 1 aliphatic heterocycles. The molecular weight excluding hydrogens is 374 g/mol. The van der Waals surface area contributed by atoms with Crippen molar-refractivity contribution in [2.45, 2.75) is 24.5 Å². The van der Waals surface area contributed by atoms with E-state index in [0.29, 0.717) is 16.3 Å². The van der Waals surface area contributed by atoms with E-state index < -0.39 is 24.5 Å². The summed E-state index contributed by atoms with van der Waals surface area (Å²) in [4.78, 5) is 12.4. The molecule has 144 valence electrons. The van der Waals surface area contributed by atoms with Crippen molar-refractivity contribution in [1.29, 1.82) is 0 Å². The number of aromatic nitrogens is 4. The number of nitrogens with one attached hydrogen (secondary N) is 2. The van der Waals surface area contributed by atoms with Gasteiger partial charge in [-0.25, -0.2) is 15.0 Å². The third kappa shape index (κ3) is 3.77. The Morgan fingerprint density at radius 3 is 2.89 bits per heavy atom. The molecule has 2 aromatic heterocycles. The minimum Gasteiger partial charge on any atom is -0.387 e. The van der Waals surface area contributed by atoms with Crippen LogP contribution >= 0.6 is 12.2 Å². The van der Waals surface area contributed by atoms with Gasteiger partial charge < -0.3 is 36.4 Å². The smallest absolute Gasteiger partial charge is 0.209 e. The molecule has 1 fully saturated rings. The molecule has 1 saturated heterocycles. The Bertz CT molecular complexity index is 909. The highest BCUT2D eigenvalue weighted by Gasteiger charge is 2.44. The van der Waals surface area contributed by atoms with Gasteiger partial charge in [0.05, 0.1) is 6.33 Å². The van der Waals surface area contributed by atoms with Crippen LogP contribution in [0.1, 0.15) is 12.1 Å². The molecule has 11 nitrogen and oxygen atoms in total. The highest BCUT2D eigenvalue weighted by atomic mass is 32.1. The molecule has 0 radical (unpaired) electrons. The summed E-state index contributed by atoms with van der Waals surface area (Å²) in [5.41, 5.74) is 6.49. The summed E-state index contributed by atoms with van der Waals surface area (Å²) in [5, 5.41) is 35.6. The van der Waals surface area contributed by atoms with Gasteiger partial charge in [-0.15, -0.1) is 0 Å². The fourth-order valence-electron chi connectivity index (χ4n) is 2.71. The highest BCUT2D eigenvalue weighted by Crippen LogP contribution is 2.31. The van der Waals surface area contributed by atoms with E-state index in [1.165, 1.54) is 10.9 Å². The average Bonchev–Trinajstić information content (AvgIpc) is 3.20. The van der Waals surface area contributed by atoms with E-state index in [-0.39, 0.29) is 24.8 Å². The van der Waals surface area contributed by atoms with E-state index in [1.54, 1.807) is 7.05 Å². The quantitative estimate of drug-likeness (QED) is 0.241. The predicted octanol–water partition coefficient (Wildman–Crippen LogP) is -2.53. The van der Waals surface area contributed by atoms with E-state index >= 15 is 0 Å². The summed E-state index contributed by atoms with van der Waals surface area (Å²) in [5.74, 6) is 5.22. The van der Waals surface area contributed by atoms with Crippen LogP contribution in [-0.2, 0) is 4.74 Å². The summed E-state index contributed by atoms with van der Waals surface area (Å²) in [7, 11) is 1.66. The number of ether oxygens (including phenoxy) is 1. The van der Waals surface area contributed by atoms with Gasteiger partial charge >= 0.3 is 0 Å². The predicted molar refractivity (Wildman–Crippen MR) is 99.3 cm³/mol. The molecule has 0 aromatic carbocycles. The molecule has 0 bridgehead atoms. The molecule has 1 aliphatic rings. The van der Waals surface area contributed by atoms with Crippen LogP contribution in [0.3, 0.4) is 0 Å². The number of hydrogen-bond donors (Lipinski definition) is 6. The molecule has 0 aliphatic carbocycles. The number of anilines is 1. The summed E-state index contributed by atoms with van der Waals surface area (Å²) in [6.45, 7) is -0.147. The van der Waals surface area contributed by atoms with Crippen molar-refractivity contribution in [2.24, 2.45) is 0 Å². The Morgan fingerprint density at radius 2 is 2.19 bits per heavy atom. The summed E-state index contributed by atoms with van der Waals surface area (Å²) < 4.78 is 7.25. The van der Waals surface area contributed by atoms with Crippen molar-refractivity contribution in [3.05, 3.63) is 12.2 Å². The second-order valence-corrected chi connectivity index (χ2v) is 6.13. The third-order valence-corrected chi connectivity index (χ3v) is 4.38. The van der Waals surface area contributed by atoms with E-state index in [0.717, 1.165) is 0 Å². The Morgan fingerprint density at radius 1 is 1.41 bits per heavy atom. The minimum atomic E-state index is -1.22. The first-order valence-electron chi connectivity index (χ1n) is 8.03. The van der Waals surface area contributed by atoms with Gasteiger partial charge in [0.1, 0.15) is 30.4 Å². The fraction of sp³-hybridized carbons (Fsp3) is 0.467. The van der Waals surface area contributed by atoms with Crippen molar-refractivity contribution in [1.82, 2.24) is 30.2 Å². The zero-order chi connectivity index (χ0) is 19.6. The van der Waals surface area contributed by atoms with Crippen LogP contribution in [0, 0.1) is 11.8 Å². The summed E-state index contributed by atoms with van der Waals surface area (Å²) >= 11 is 5.00. The van der Waals surface area contributed by atoms with Crippen molar-refractivity contribution < 1.29 is 20.1 Å². The van der Waals surface area contributed by atoms with Crippen LogP contribution in [-0.4, -0.2) is 78.5 Å². The third-order valence-electron chi connectivity index (χ3n) is 4.03. The Balaban J connectivity index is 1.90. The molecule has 7 N–H and O–H groups in total.